The summed E-state index contributed by atoms with van der Waals surface area (Å²) >= 11 is 0. The number of carbonyl (C=O) groups is 2. The molecule has 132 valence electrons. The molecule has 24 heavy (non-hydrogen) atoms. The van der Waals surface area contributed by atoms with Crippen molar-refractivity contribution in [3.8, 4) is 0 Å². The molecule has 0 spiro atoms. The SMILES string of the molecule is COC(=O)C1C(CC(=O)OC(C)(C)C)C2CC1C1C3C=CC(C3)C21. The van der Waals surface area contributed by atoms with E-state index < -0.39 is 5.60 Å². The van der Waals surface area contributed by atoms with Crippen molar-refractivity contribution in [1.82, 2.24) is 0 Å². The van der Waals surface area contributed by atoms with Crippen molar-refractivity contribution in [3.05, 3.63) is 12.2 Å². The van der Waals surface area contributed by atoms with Crippen LogP contribution in [0.3, 0.4) is 0 Å². The van der Waals surface area contributed by atoms with E-state index >= 15 is 0 Å². The maximum absolute atomic E-state index is 12.5. The maximum Gasteiger partial charge on any atom is 0.309 e. The Labute approximate surface area is 144 Å². The number of esters is 2. The Kier molecular flexibility index (Phi) is 3.59. The minimum Gasteiger partial charge on any atom is -0.469 e. The van der Waals surface area contributed by atoms with Crippen LogP contribution in [0.1, 0.15) is 40.0 Å². The van der Waals surface area contributed by atoms with Crippen LogP contribution in [-0.4, -0.2) is 24.6 Å². The summed E-state index contributed by atoms with van der Waals surface area (Å²) in [5.74, 6) is 3.12. The van der Waals surface area contributed by atoms with Gasteiger partial charge in [-0.05, 0) is 75.0 Å². The first kappa shape index (κ1) is 16.2. The molecule has 4 nitrogen and oxygen atoms in total. The Morgan fingerprint density at radius 3 is 2.25 bits per heavy atom. The lowest BCUT2D eigenvalue weighted by Crippen LogP contribution is -2.42. The molecule has 0 radical (unpaired) electrons. The van der Waals surface area contributed by atoms with Gasteiger partial charge in [-0.3, -0.25) is 9.59 Å². The van der Waals surface area contributed by atoms with E-state index in [1.807, 2.05) is 20.8 Å². The fourth-order valence-corrected chi connectivity index (χ4v) is 6.50. The molecule has 0 aromatic carbocycles. The van der Waals surface area contributed by atoms with Crippen LogP contribution in [0.15, 0.2) is 12.2 Å². The third-order valence-corrected chi connectivity index (χ3v) is 6.88. The number of rotatable bonds is 3. The molecule has 0 amide bonds. The minimum atomic E-state index is -0.479. The predicted octanol–water partition coefficient (Wildman–Crippen LogP) is 3.21. The molecule has 4 rings (SSSR count). The first-order chi connectivity index (χ1) is 11.3. The Balaban J connectivity index is 1.57. The first-order valence-corrected chi connectivity index (χ1v) is 9.28. The van der Waals surface area contributed by atoms with Gasteiger partial charge in [0, 0.05) is 6.42 Å². The molecule has 0 saturated heterocycles. The third-order valence-electron chi connectivity index (χ3n) is 6.88. The molecule has 4 bridgehead atoms. The highest BCUT2D eigenvalue weighted by Gasteiger charge is 2.66. The molecule has 0 heterocycles. The van der Waals surface area contributed by atoms with Crippen LogP contribution in [0.2, 0.25) is 0 Å². The average molecular weight is 332 g/mol. The van der Waals surface area contributed by atoms with Gasteiger partial charge in [-0.1, -0.05) is 12.2 Å². The number of carbonyl (C=O) groups excluding carboxylic acids is 2. The van der Waals surface area contributed by atoms with E-state index in [0.29, 0.717) is 41.9 Å². The third kappa shape index (κ3) is 2.33. The molecule has 4 heteroatoms. The number of methoxy groups -OCH3 is 1. The summed E-state index contributed by atoms with van der Waals surface area (Å²) in [7, 11) is 1.47. The molecule has 8 atom stereocenters. The van der Waals surface area contributed by atoms with Crippen molar-refractivity contribution in [2.24, 2.45) is 47.3 Å². The largest absolute Gasteiger partial charge is 0.469 e. The molecule has 0 N–H and O–H groups in total. The lowest BCUT2D eigenvalue weighted by Gasteiger charge is -2.40. The molecule has 3 fully saturated rings. The first-order valence-electron chi connectivity index (χ1n) is 9.28. The van der Waals surface area contributed by atoms with E-state index in [4.69, 9.17) is 9.47 Å². The van der Waals surface area contributed by atoms with Gasteiger partial charge < -0.3 is 9.47 Å². The Morgan fingerprint density at radius 2 is 1.67 bits per heavy atom. The Bertz CT molecular complexity index is 587. The smallest absolute Gasteiger partial charge is 0.309 e. The van der Waals surface area contributed by atoms with Crippen LogP contribution in [0.25, 0.3) is 0 Å². The van der Waals surface area contributed by atoms with E-state index in [-0.39, 0.29) is 23.8 Å². The van der Waals surface area contributed by atoms with Crippen molar-refractivity contribution in [3.63, 3.8) is 0 Å². The fourth-order valence-electron chi connectivity index (χ4n) is 6.50. The van der Waals surface area contributed by atoms with Crippen molar-refractivity contribution in [2.75, 3.05) is 7.11 Å². The molecule has 0 aliphatic heterocycles. The van der Waals surface area contributed by atoms with Gasteiger partial charge in [0.2, 0.25) is 0 Å². The molecule has 0 aromatic heterocycles. The zero-order chi connectivity index (χ0) is 17.2. The zero-order valence-corrected chi connectivity index (χ0v) is 15.0. The second-order valence-electron chi connectivity index (χ2n) is 9.17. The van der Waals surface area contributed by atoms with Gasteiger partial charge >= 0.3 is 11.9 Å². The van der Waals surface area contributed by atoms with E-state index in [1.165, 1.54) is 13.5 Å². The van der Waals surface area contributed by atoms with Crippen LogP contribution in [0, 0.1) is 47.3 Å². The highest BCUT2D eigenvalue weighted by Crippen LogP contribution is 2.69. The van der Waals surface area contributed by atoms with Gasteiger partial charge in [-0.25, -0.2) is 0 Å². The van der Waals surface area contributed by atoms with Gasteiger partial charge in [0.05, 0.1) is 13.0 Å². The summed E-state index contributed by atoms with van der Waals surface area (Å²) in [4.78, 5) is 24.9. The summed E-state index contributed by atoms with van der Waals surface area (Å²) < 4.78 is 10.7. The minimum absolute atomic E-state index is 0.0892. The van der Waals surface area contributed by atoms with Crippen molar-refractivity contribution in [1.29, 1.82) is 0 Å². The summed E-state index contributed by atoms with van der Waals surface area (Å²) in [5, 5.41) is 0. The van der Waals surface area contributed by atoms with E-state index in [0.717, 1.165) is 6.42 Å². The Hall–Kier alpha value is -1.32. The number of fused-ring (bicyclic) bond motifs is 9. The van der Waals surface area contributed by atoms with Gasteiger partial charge in [0.25, 0.3) is 0 Å². The average Bonchev–Trinajstić information content (AvgIpc) is 3.21. The van der Waals surface area contributed by atoms with Crippen LogP contribution < -0.4 is 0 Å². The maximum atomic E-state index is 12.5. The number of allylic oxidation sites excluding steroid dienone is 2. The number of ether oxygens (including phenoxy) is 2. The normalized spacial score (nSPS) is 44.7. The fraction of sp³-hybridized carbons (Fsp3) is 0.800. The topological polar surface area (TPSA) is 52.6 Å². The van der Waals surface area contributed by atoms with Gasteiger partial charge in [-0.2, -0.15) is 0 Å². The molecular formula is C20H28O4. The van der Waals surface area contributed by atoms with E-state index in [2.05, 4.69) is 12.2 Å². The second kappa shape index (κ2) is 5.34. The molecular weight excluding hydrogens is 304 g/mol. The highest BCUT2D eigenvalue weighted by molar-refractivity contribution is 5.76. The molecule has 0 aromatic rings. The number of hydrogen-bond acceptors (Lipinski definition) is 4. The summed E-state index contributed by atoms with van der Waals surface area (Å²) in [6.45, 7) is 5.67. The Morgan fingerprint density at radius 1 is 1.04 bits per heavy atom. The van der Waals surface area contributed by atoms with E-state index in [9.17, 15) is 9.59 Å². The van der Waals surface area contributed by atoms with Crippen LogP contribution in [0.4, 0.5) is 0 Å². The quantitative estimate of drug-likeness (QED) is 0.452. The summed E-state index contributed by atoms with van der Waals surface area (Å²) in [6, 6.07) is 0. The van der Waals surface area contributed by atoms with Gasteiger partial charge in [0.1, 0.15) is 5.60 Å². The second-order valence-corrected chi connectivity index (χ2v) is 9.17. The molecule has 4 aliphatic rings. The van der Waals surface area contributed by atoms with Gasteiger partial charge in [0.15, 0.2) is 0 Å². The lowest BCUT2D eigenvalue weighted by atomic mass is 9.64. The zero-order valence-electron chi connectivity index (χ0n) is 15.0. The highest BCUT2D eigenvalue weighted by atomic mass is 16.6. The monoisotopic (exact) mass is 332 g/mol. The molecule has 3 saturated carbocycles. The number of hydrogen-bond donors (Lipinski definition) is 0. The standard InChI is InChI=1S/C20H28O4/c1-20(2,3)24-15(21)9-13-12-8-14(18(13)19(22)23-4)17-11-6-5-10(7-11)16(12)17/h5-6,10-14,16-18H,7-9H2,1-4H3. The predicted molar refractivity (Wildman–Crippen MR) is 88.8 cm³/mol. The van der Waals surface area contributed by atoms with Gasteiger partial charge in [-0.15, -0.1) is 0 Å². The molecule has 8 unspecified atom stereocenters. The van der Waals surface area contributed by atoms with E-state index in [1.54, 1.807) is 0 Å². The van der Waals surface area contributed by atoms with Crippen LogP contribution >= 0.6 is 0 Å². The lowest BCUT2D eigenvalue weighted by molar-refractivity contribution is -0.160. The van der Waals surface area contributed by atoms with Crippen LogP contribution in [0.5, 0.6) is 0 Å². The van der Waals surface area contributed by atoms with Crippen molar-refractivity contribution in [2.45, 2.75) is 45.6 Å². The summed E-state index contributed by atoms with van der Waals surface area (Å²) in [5.41, 5.74) is -0.479. The molecule has 4 aliphatic carbocycles. The van der Waals surface area contributed by atoms with Crippen molar-refractivity contribution >= 4 is 11.9 Å². The van der Waals surface area contributed by atoms with Crippen molar-refractivity contribution < 1.29 is 19.1 Å². The van der Waals surface area contributed by atoms with Crippen LogP contribution in [-0.2, 0) is 19.1 Å². The summed E-state index contributed by atoms with van der Waals surface area (Å²) in [6.07, 6.45) is 7.42.